The zero-order valence-corrected chi connectivity index (χ0v) is 17.3. The lowest BCUT2D eigenvalue weighted by atomic mass is 10.2. The van der Waals surface area contributed by atoms with Crippen molar-refractivity contribution in [2.45, 2.75) is 43.8 Å². The number of imide groups is 1. The maximum Gasteiger partial charge on any atom is 0.321 e. The molecule has 3 amide bonds. The van der Waals surface area contributed by atoms with Gasteiger partial charge in [-0.25, -0.2) is 4.79 Å². The van der Waals surface area contributed by atoms with Crippen LogP contribution in [-0.2, 0) is 11.3 Å². The Labute approximate surface area is 173 Å². The van der Waals surface area contributed by atoms with E-state index in [0.29, 0.717) is 17.5 Å². The molecule has 8 nitrogen and oxygen atoms in total. The number of amides is 3. The molecule has 1 atom stereocenters. The lowest BCUT2D eigenvalue weighted by Gasteiger charge is -2.14. The highest BCUT2D eigenvalue weighted by molar-refractivity contribution is 8.00. The highest BCUT2D eigenvalue weighted by Gasteiger charge is 2.22. The van der Waals surface area contributed by atoms with Crippen molar-refractivity contribution in [2.75, 3.05) is 0 Å². The number of carbonyl (C=O) groups is 2. The van der Waals surface area contributed by atoms with Gasteiger partial charge in [0, 0.05) is 11.6 Å². The predicted octanol–water partition coefficient (Wildman–Crippen LogP) is 3.30. The molecule has 0 aliphatic carbocycles. The first-order valence-electron chi connectivity index (χ1n) is 9.23. The van der Waals surface area contributed by atoms with Crippen molar-refractivity contribution < 1.29 is 14.0 Å². The summed E-state index contributed by atoms with van der Waals surface area (Å²) in [6.07, 6.45) is 1.61. The molecule has 9 heteroatoms. The average Bonchev–Trinajstić information content (AvgIpc) is 3.32. The van der Waals surface area contributed by atoms with Gasteiger partial charge in [-0.2, -0.15) is 0 Å². The second-order valence-electron chi connectivity index (χ2n) is 6.72. The summed E-state index contributed by atoms with van der Waals surface area (Å²) in [5.41, 5.74) is 0.909. The Hall–Kier alpha value is -3.07. The van der Waals surface area contributed by atoms with Gasteiger partial charge in [0.15, 0.2) is 11.0 Å². The van der Waals surface area contributed by atoms with Gasteiger partial charge < -0.3 is 9.73 Å². The quantitative estimate of drug-likeness (QED) is 0.576. The van der Waals surface area contributed by atoms with Gasteiger partial charge in [0.2, 0.25) is 5.91 Å². The van der Waals surface area contributed by atoms with Crippen LogP contribution in [-0.4, -0.2) is 38.0 Å². The van der Waals surface area contributed by atoms with Gasteiger partial charge in [0.1, 0.15) is 5.76 Å². The van der Waals surface area contributed by atoms with E-state index in [4.69, 9.17) is 4.42 Å². The number of urea groups is 1. The van der Waals surface area contributed by atoms with Crippen LogP contribution >= 0.6 is 11.8 Å². The number of benzene rings is 1. The summed E-state index contributed by atoms with van der Waals surface area (Å²) in [5, 5.41) is 13.6. The molecule has 0 aliphatic rings. The summed E-state index contributed by atoms with van der Waals surface area (Å²) >= 11 is 1.23. The molecule has 0 saturated carbocycles. The second kappa shape index (κ2) is 9.42. The molecule has 2 N–H and O–H groups in total. The molecule has 0 fully saturated rings. The van der Waals surface area contributed by atoms with E-state index in [9.17, 15) is 9.59 Å². The molecule has 0 radical (unpaired) electrons. The molecule has 0 aliphatic heterocycles. The lowest BCUT2D eigenvalue weighted by Crippen LogP contribution is -2.45. The van der Waals surface area contributed by atoms with Crippen molar-refractivity contribution in [3.63, 3.8) is 0 Å². The van der Waals surface area contributed by atoms with E-state index in [-0.39, 0.29) is 6.04 Å². The van der Waals surface area contributed by atoms with Crippen LogP contribution < -0.4 is 10.6 Å². The third kappa shape index (κ3) is 5.47. The van der Waals surface area contributed by atoms with Gasteiger partial charge in [-0.3, -0.25) is 14.7 Å². The molecule has 1 aromatic carbocycles. The van der Waals surface area contributed by atoms with E-state index < -0.39 is 17.2 Å². The van der Waals surface area contributed by atoms with Crippen LogP contribution in [0.4, 0.5) is 4.79 Å². The first-order chi connectivity index (χ1) is 13.9. The van der Waals surface area contributed by atoms with Crippen LogP contribution in [0.3, 0.4) is 0 Å². The Morgan fingerprint density at radius 3 is 2.52 bits per heavy atom. The molecule has 3 rings (SSSR count). The number of rotatable bonds is 7. The van der Waals surface area contributed by atoms with Gasteiger partial charge in [0.25, 0.3) is 0 Å². The molecular weight excluding hydrogens is 390 g/mol. The number of furan rings is 1. The molecule has 3 aromatic rings. The largest absolute Gasteiger partial charge is 0.467 e. The number of hydrogen-bond acceptors (Lipinski definition) is 6. The zero-order chi connectivity index (χ0) is 20.8. The van der Waals surface area contributed by atoms with E-state index in [1.807, 2.05) is 60.9 Å². The monoisotopic (exact) mass is 413 g/mol. The van der Waals surface area contributed by atoms with Crippen molar-refractivity contribution in [3.8, 4) is 11.4 Å². The van der Waals surface area contributed by atoms with Crippen LogP contribution in [0.1, 0.15) is 26.5 Å². The third-order valence-electron chi connectivity index (χ3n) is 3.95. The summed E-state index contributed by atoms with van der Waals surface area (Å²) in [6, 6.07) is 12.8. The molecule has 2 aromatic heterocycles. The minimum atomic E-state index is -0.545. The summed E-state index contributed by atoms with van der Waals surface area (Å²) in [4.78, 5) is 24.2. The fourth-order valence-electron chi connectivity index (χ4n) is 2.60. The predicted molar refractivity (Wildman–Crippen MR) is 110 cm³/mol. The maximum absolute atomic E-state index is 12.4. The SMILES string of the molecule is CC(C)NC(=O)NC(=O)[C@@H](C)Sc1nnc(-c2ccccc2)n1Cc1ccco1. The molecule has 0 saturated heterocycles. The third-order valence-corrected chi connectivity index (χ3v) is 5.03. The first kappa shape index (κ1) is 20.7. The van der Waals surface area contributed by atoms with Crippen molar-refractivity contribution in [1.29, 1.82) is 0 Å². The molecule has 2 heterocycles. The number of nitrogens with zero attached hydrogens (tertiary/aromatic N) is 3. The van der Waals surface area contributed by atoms with E-state index in [0.717, 1.165) is 11.3 Å². The minimum absolute atomic E-state index is 0.0596. The highest BCUT2D eigenvalue weighted by Crippen LogP contribution is 2.27. The Balaban J connectivity index is 1.80. The molecule has 0 unspecified atom stereocenters. The fourth-order valence-corrected chi connectivity index (χ4v) is 3.45. The van der Waals surface area contributed by atoms with E-state index in [1.54, 1.807) is 13.2 Å². The lowest BCUT2D eigenvalue weighted by molar-refractivity contribution is -0.119. The Bertz CT molecular complexity index is 954. The number of nitrogens with one attached hydrogen (secondary N) is 2. The van der Waals surface area contributed by atoms with Crippen molar-refractivity contribution in [2.24, 2.45) is 0 Å². The van der Waals surface area contributed by atoms with Crippen molar-refractivity contribution >= 4 is 23.7 Å². The Morgan fingerprint density at radius 1 is 1.10 bits per heavy atom. The summed E-state index contributed by atoms with van der Waals surface area (Å²) in [6.45, 7) is 5.79. The molecular formula is C20H23N5O3S. The van der Waals surface area contributed by atoms with Crippen LogP contribution in [0.25, 0.3) is 11.4 Å². The van der Waals surface area contributed by atoms with Gasteiger partial charge in [0.05, 0.1) is 18.1 Å². The van der Waals surface area contributed by atoms with E-state index >= 15 is 0 Å². The number of hydrogen-bond donors (Lipinski definition) is 2. The van der Waals surface area contributed by atoms with Crippen LogP contribution in [0, 0.1) is 0 Å². The maximum atomic E-state index is 12.4. The Morgan fingerprint density at radius 2 is 1.86 bits per heavy atom. The Kier molecular flexibility index (Phi) is 6.71. The van der Waals surface area contributed by atoms with Crippen molar-refractivity contribution in [3.05, 3.63) is 54.5 Å². The summed E-state index contributed by atoms with van der Waals surface area (Å²) in [5.74, 6) is 1.02. The molecule has 29 heavy (non-hydrogen) atoms. The van der Waals surface area contributed by atoms with Gasteiger partial charge >= 0.3 is 6.03 Å². The van der Waals surface area contributed by atoms with Gasteiger partial charge in [-0.15, -0.1) is 10.2 Å². The number of aromatic nitrogens is 3. The summed E-state index contributed by atoms with van der Waals surface area (Å²) in [7, 11) is 0. The second-order valence-corrected chi connectivity index (χ2v) is 8.02. The van der Waals surface area contributed by atoms with Crippen LogP contribution in [0.5, 0.6) is 0 Å². The van der Waals surface area contributed by atoms with Gasteiger partial charge in [-0.1, -0.05) is 42.1 Å². The molecule has 0 spiro atoms. The van der Waals surface area contributed by atoms with Crippen molar-refractivity contribution in [1.82, 2.24) is 25.4 Å². The number of thioether (sulfide) groups is 1. The number of carbonyl (C=O) groups excluding carboxylic acids is 2. The topological polar surface area (TPSA) is 102 Å². The first-order valence-corrected chi connectivity index (χ1v) is 10.1. The molecule has 0 bridgehead atoms. The van der Waals surface area contributed by atoms with Crippen LogP contribution in [0.2, 0.25) is 0 Å². The fraction of sp³-hybridized carbons (Fsp3) is 0.300. The summed E-state index contributed by atoms with van der Waals surface area (Å²) < 4.78 is 7.38. The normalized spacial score (nSPS) is 12.0. The van der Waals surface area contributed by atoms with Gasteiger partial charge in [-0.05, 0) is 32.9 Å². The van der Waals surface area contributed by atoms with E-state index in [1.165, 1.54) is 11.8 Å². The minimum Gasteiger partial charge on any atom is -0.467 e. The standard InChI is InChI=1S/C20H23N5O3S/c1-13(2)21-19(27)22-18(26)14(3)29-20-24-23-17(15-8-5-4-6-9-15)25(20)12-16-10-7-11-28-16/h4-11,13-14H,12H2,1-3H3,(H2,21,22,26,27)/t14-/m1/s1. The average molecular weight is 414 g/mol. The zero-order valence-electron chi connectivity index (χ0n) is 16.5. The highest BCUT2D eigenvalue weighted by atomic mass is 32.2. The molecule has 152 valence electrons. The smallest absolute Gasteiger partial charge is 0.321 e. The van der Waals surface area contributed by atoms with E-state index in [2.05, 4.69) is 20.8 Å². The van der Waals surface area contributed by atoms with Crippen LogP contribution in [0.15, 0.2) is 58.3 Å².